The monoisotopic (exact) mass is 819 g/mol. The molecule has 310 valence electrons. The number of aliphatic hydroxyl groups is 1. The number of aromatic nitrogens is 2. The molecule has 12 nitrogen and oxygen atoms in total. The number of benzene rings is 3. The molecule has 2 aromatic heterocycles. The zero-order valence-corrected chi connectivity index (χ0v) is 35.3. The lowest BCUT2D eigenvalue weighted by Gasteiger charge is -2.37. The molecule has 7 rings (SSSR count). The zero-order valence-electron chi connectivity index (χ0n) is 34.5. The van der Waals surface area contributed by atoms with Crippen LogP contribution in [0.25, 0.3) is 21.3 Å². The lowest BCUT2D eigenvalue weighted by atomic mass is 9.87. The fraction of sp³-hybridized carbons (Fsp3) is 0.413. The van der Waals surface area contributed by atoms with Crippen molar-refractivity contribution >= 4 is 50.3 Å². The second-order valence-corrected chi connectivity index (χ2v) is 17.4. The summed E-state index contributed by atoms with van der Waals surface area (Å²) in [7, 11) is 0. The van der Waals surface area contributed by atoms with E-state index in [1.54, 1.807) is 6.92 Å². The predicted molar refractivity (Wildman–Crippen MR) is 230 cm³/mol. The number of fused-ring (bicyclic) bond motifs is 2. The maximum Gasteiger partial charge on any atom is 0.358 e. The Labute approximate surface area is 349 Å². The number of esters is 2. The number of nitrogens with zero attached hydrogens (tertiary/aromatic N) is 4. The first kappa shape index (κ1) is 41.8. The highest BCUT2D eigenvalue weighted by molar-refractivity contribution is 7.22. The molecule has 0 unspecified atom stereocenters. The minimum atomic E-state index is -0.780. The van der Waals surface area contributed by atoms with Gasteiger partial charge in [0.2, 0.25) is 0 Å². The molecule has 1 fully saturated rings. The summed E-state index contributed by atoms with van der Waals surface area (Å²) < 4.78 is 18.1. The molecule has 3 aromatic carbocycles. The van der Waals surface area contributed by atoms with Crippen molar-refractivity contribution in [3.05, 3.63) is 101 Å². The van der Waals surface area contributed by atoms with Crippen LogP contribution in [0.5, 0.6) is 5.75 Å². The highest BCUT2D eigenvalue weighted by Crippen LogP contribution is 2.35. The van der Waals surface area contributed by atoms with Crippen LogP contribution in [0.1, 0.15) is 90.9 Å². The topological polar surface area (TPSA) is 143 Å². The van der Waals surface area contributed by atoms with Crippen molar-refractivity contribution in [3.8, 4) is 16.9 Å². The number of piperidine rings is 1. The predicted octanol–water partition coefficient (Wildman–Crippen LogP) is 7.99. The van der Waals surface area contributed by atoms with Crippen molar-refractivity contribution < 1.29 is 33.7 Å². The minimum absolute atomic E-state index is 0.211. The van der Waals surface area contributed by atoms with Crippen molar-refractivity contribution in [2.75, 3.05) is 49.6 Å². The summed E-state index contributed by atoms with van der Waals surface area (Å²) in [6.07, 6.45) is 3.19. The third kappa shape index (κ3) is 10.3. The number of thiazole rings is 1. The number of nitrogens with one attached hydrogen (secondary N) is 1. The van der Waals surface area contributed by atoms with Gasteiger partial charge in [-0.15, -0.1) is 0 Å². The molecular weight excluding hydrogens is 767 g/mol. The fourth-order valence-corrected chi connectivity index (χ4v) is 8.65. The molecule has 0 radical (unpaired) electrons. The van der Waals surface area contributed by atoms with E-state index in [4.69, 9.17) is 19.2 Å². The van der Waals surface area contributed by atoms with Crippen LogP contribution < -0.4 is 15.0 Å². The number of rotatable bonds is 13. The summed E-state index contributed by atoms with van der Waals surface area (Å²) in [4.78, 5) is 53.0. The van der Waals surface area contributed by atoms with Crippen molar-refractivity contribution in [3.63, 3.8) is 0 Å². The maximum absolute atomic E-state index is 13.8. The van der Waals surface area contributed by atoms with E-state index in [0.717, 1.165) is 32.5 Å². The molecular formula is C46H53N5O7S. The Balaban J connectivity index is 1.04. The third-order valence-corrected chi connectivity index (χ3v) is 11.8. The van der Waals surface area contributed by atoms with Gasteiger partial charge in [-0.2, -0.15) is 0 Å². The molecule has 0 bridgehead atoms. The van der Waals surface area contributed by atoms with E-state index in [2.05, 4.69) is 21.3 Å². The molecule has 1 saturated heterocycles. The summed E-state index contributed by atoms with van der Waals surface area (Å²) in [6.45, 7) is 12.7. The van der Waals surface area contributed by atoms with Crippen LogP contribution in [0.15, 0.2) is 72.8 Å². The van der Waals surface area contributed by atoms with Gasteiger partial charge in [0.15, 0.2) is 10.8 Å². The van der Waals surface area contributed by atoms with Crippen LogP contribution >= 0.6 is 11.3 Å². The summed E-state index contributed by atoms with van der Waals surface area (Å²) in [5.74, 6) is 0.342. The molecule has 1 amide bonds. The summed E-state index contributed by atoms with van der Waals surface area (Å²) >= 11 is 1.44. The zero-order chi connectivity index (χ0) is 41.7. The molecule has 4 heterocycles. The lowest BCUT2D eigenvalue weighted by molar-refractivity contribution is -0.145. The Kier molecular flexibility index (Phi) is 12.6. The van der Waals surface area contributed by atoms with Crippen LogP contribution in [0.2, 0.25) is 0 Å². The Morgan fingerprint density at radius 2 is 1.73 bits per heavy atom. The number of carbonyl (C=O) groups is 3. The highest BCUT2D eigenvalue weighted by Gasteiger charge is 2.33. The second-order valence-electron chi connectivity index (χ2n) is 16.4. The van der Waals surface area contributed by atoms with Crippen molar-refractivity contribution in [2.45, 2.75) is 84.5 Å². The van der Waals surface area contributed by atoms with Gasteiger partial charge in [0.1, 0.15) is 17.2 Å². The number of pyridine rings is 1. The van der Waals surface area contributed by atoms with Crippen LogP contribution in [0, 0.1) is 6.92 Å². The largest absolute Gasteiger partial charge is 0.494 e. The van der Waals surface area contributed by atoms with Crippen molar-refractivity contribution in [1.82, 2.24) is 14.9 Å². The molecule has 2 aliphatic rings. The third-order valence-electron chi connectivity index (χ3n) is 10.8. The van der Waals surface area contributed by atoms with Crippen LogP contribution in [0.3, 0.4) is 0 Å². The summed E-state index contributed by atoms with van der Waals surface area (Å²) in [6, 6.07) is 23.2. The number of aryl methyl sites for hydroxylation is 1. The number of anilines is 2. The fourth-order valence-electron chi connectivity index (χ4n) is 7.79. The summed E-state index contributed by atoms with van der Waals surface area (Å²) in [5, 5.41) is 14.7. The first-order chi connectivity index (χ1) is 28.3. The van der Waals surface area contributed by atoms with Gasteiger partial charge in [0.05, 0.1) is 35.6 Å². The van der Waals surface area contributed by atoms with Gasteiger partial charge in [-0.1, -0.05) is 41.7 Å². The van der Waals surface area contributed by atoms with E-state index in [1.165, 1.54) is 11.3 Å². The maximum atomic E-state index is 13.8. The molecule has 2 aliphatic heterocycles. The summed E-state index contributed by atoms with van der Waals surface area (Å²) in [5.41, 5.74) is 4.53. The lowest BCUT2D eigenvalue weighted by Crippen LogP contribution is -2.46. The van der Waals surface area contributed by atoms with Crippen LogP contribution in [0.4, 0.5) is 10.9 Å². The normalized spacial score (nSPS) is 15.4. The minimum Gasteiger partial charge on any atom is -0.494 e. The van der Waals surface area contributed by atoms with E-state index in [1.807, 2.05) is 99.3 Å². The quantitative estimate of drug-likeness (QED) is 0.0882. The molecule has 0 aliphatic carbocycles. The number of ether oxygens (including phenoxy) is 3. The number of para-hydroxylation sites is 1. The van der Waals surface area contributed by atoms with E-state index < -0.39 is 17.2 Å². The van der Waals surface area contributed by atoms with Gasteiger partial charge in [0, 0.05) is 37.3 Å². The molecule has 5 aromatic rings. The number of amides is 1. The Morgan fingerprint density at radius 1 is 0.949 bits per heavy atom. The van der Waals surface area contributed by atoms with E-state index in [9.17, 15) is 19.5 Å². The number of carbonyl (C=O) groups excluding carboxylic acids is 3. The van der Waals surface area contributed by atoms with Crippen molar-refractivity contribution in [2.24, 2.45) is 0 Å². The Morgan fingerprint density at radius 3 is 2.47 bits per heavy atom. The highest BCUT2D eigenvalue weighted by atomic mass is 32.1. The molecule has 0 atom stereocenters. The first-order valence-corrected chi connectivity index (χ1v) is 21.2. The standard InChI is InChI=1S/C46H53N5O7S/c1-6-56-40(52)29-50-24-21-46(55,22-25-50)20-10-26-57-32-15-16-33(30(2)27-32)34-17-18-39(48-41(34)43(54)58-45(3,4)5)51-23-19-31-11-9-12-35(36(31)28-51)42(53)49-44-47-37-13-7-8-14-38(37)59-44/h7-9,11-18,27,55H,6,10,19-26,28-29H2,1-5H3,(H,47,49,53). The van der Waals surface area contributed by atoms with Gasteiger partial charge in [-0.25, -0.2) is 14.8 Å². The Hall–Kier alpha value is -5.37. The molecule has 2 N–H and O–H groups in total. The van der Waals surface area contributed by atoms with Crippen LogP contribution in [-0.4, -0.2) is 88.4 Å². The van der Waals surface area contributed by atoms with E-state index in [-0.39, 0.29) is 24.1 Å². The van der Waals surface area contributed by atoms with Gasteiger partial charge in [-0.3, -0.25) is 19.8 Å². The van der Waals surface area contributed by atoms with E-state index >= 15 is 0 Å². The van der Waals surface area contributed by atoms with Gasteiger partial charge < -0.3 is 24.2 Å². The second kappa shape index (κ2) is 17.9. The Bertz CT molecular complexity index is 2300. The van der Waals surface area contributed by atoms with E-state index in [0.29, 0.717) is 99.3 Å². The van der Waals surface area contributed by atoms with Crippen molar-refractivity contribution in [1.29, 1.82) is 0 Å². The van der Waals surface area contributed by atoms with Crippen LogP contribution in [-0.2, 0) is 27.2 Å². The number of hydrogen-bond donors (Lipinski definition) is 2. The molecule has 0 saturated carbocycles. The number of hydrogen-bond acceptors (Lipinski definition) is 12. The van der Waals surface area contributed by atoms with Gasteiger partial charge in [0.25, 0.3) is 5.91 Å². The molecule has 0 spiro atoms. The van der Waals surface area contributed by atoms with Gasteiger partial charge >= 0.3 is 11.9 Å². The molecule has 59 heavy (non-hydrogen) atoms. The first-order valence-electron chi connectivity index (χ1n) is 20.4. The average molecular weight is 820 g/mol. The molecule has 13 heteroatoms. The SMILES string of the molecule is CCOC(=O)CN1CCC(O)(CCCOc2ccc(-c3ccc(N4CCc5cccc(C(=O)Nc6nc7ccccc7s6)c5C4)nc3C(=O)OC(C)(C)C)c(C)c2)CC1. The average Bonchev–Trinajstić information content (AvgIpc) is 3.62. The number of likely N-dealkylation sites (tertiary alicyclic amines) is 1. The van der Waals surface area contributed by atoms with Gasteiger partial charge in [-0.05, 0) is 131 Å². The smallest absolute Gasteiger partial charge is 0.358 e.